The number of hydrogen-bond acceptors (Lipinski definition) is 5. The van der Waals surface area contributed by atoms with Gasteiger partial charge in [-0.2, -0.15) is 5.10 Å². The molecule has 8 heteroatoms. The van der Waals surface area contributed by atoms with Gasteiger partial charge in [0.05, 0.1) is 23.7 Å². The Kier molecular flexibility index (Phi) is 3.32. The zero-order valence-corrected chi connectivity index (χ0v) is 11.1. The lowest BCUT2D eigenvalue weighted by molar-refractivity contribution is -0.149. The van der Waals surface area contributed by atoms with Crippen molar-refractivity contribution in [3.63, 3.8) is 0 Å². The third-order valence-electron chi connectivity index (χ3n) is 3.40. The molecule has 2 aromatic rings. The van der Waals surface area contributed by atoms with Crippen LogP contribution in [-0.2, 0) is 11.3 Å². The van der Waals surface area contributed by atoms with Gasteiger partial charge in [0, 0.05) is 5.69 Å². The lowest BCUT2D eigenvalue weighted by Gasteiger charge is -2.22. The van der Waals surface area contributed by atoms with Crippen molar-refractivity contribution >= 4 is 5.97 Å². The predicted molar refractivity (Wildman–Crippen MR) is 66.2 cm³/mol. The molecule has 0 aliphatic heterocycles. The topological polar surface area (TPSA) is 110 Å². The van der Waals surface area contributed by atoms with Crippen molar-refractivity contribution in [1.82, 2.24) is 30.4 Å². The lowest BCUT2D eigenvalue weighted by atomic mass is 9.88. The molecule has 1 unspecified atom stereocenters. The Labute approximate surface area is 109 Å². The van der Waals surface area contributed by atoms with Gasteiger partial charge in [-0.3, -0.25) is 9.89 Å². The molecular weight excluding hydrogens is 248 g/mol. The molecule has 0 spiro atoms. The van der Waals surface area contributed by atoms with Gasteiger partial charge >= 0.3 is 5.97 Å². The van der Waals surface area contributed by atoms with Gasteiger partial charge in [0.1, 0.15) is 0 Å². The smallest absolute Gasteiger partial charge is 0.311 e. The summed E-state index contributed by atoms with van der Waals surface area (Å²) in [6, 6.07) is 0. The lowest BCUT2D eigenvalue weighted by Crippen LogP contribution is -2.32. The number of aryl methyl sites for hydroxylation is 1. The Morgan fingerprint density at radius 1 is 1.58 bits per heavy atom. The van der Waals surface area contributed by atoms with Crippen molar-refractivity contribution in [2.75, 3.05) is 0 Å². The summed E-state index contributed by atoms with van der Waals surface area (Å²) in [5, 5.41) is 27.5. The molecule has 102 valence electrons. The Morgan fingerprint density at radius 2 is 2.32 bits per heavy atom. The van der Waals surface area contributed by atoms with Crippen molar-refractivity contribution in [3.05, 3.63) is 11.9 Å². The van der Waals surface area contributed by atoms with Crippen molar-refractivity contribution in [3.8, 4) is 11.4 Å². The molecule has 0 fully saturated rings. The van der Waals surface area contributed by atoms with Crippen LogP contribution in [0, 0.1) is 12.3 Å². The third-order valence-corrected chi connectivity index (χ3v) is 3.40. The van der Waals surface area contributed by atoms with Crippen LogP contribution >= 0.6 is 0 Å². The van der Waals surface area contributed by atoms with Crippen LogP contribution in [0.2, 0.25) is 0 Å². The molecule has 0 saturated heterocycles. The van der Waals surface area contributed by atoms with Gasteiger partial charge in [-0.15, -0.1) is 5.10 Å². The van der Waals surface area contributed by atoms with E-state index in [1.807, 2.05) is 13.8 Å². The van der Waals surface area contributed by atoms with Crippen LogP contribution in [0.1, 0.15) is 26.0 Å². The Balaban J connectivity index is 2.36. The van der Waals surface area contributed by atoms with Crippen LogP contribution in [-0.4, -0.2) is 41.5 Å². The van der Waals surface area contributed by atoms with E-state index in [1.165, 1.54) is 4.68 Å². The summed E-state index contributed by atoms with van der Waals surface area (Å²) in [4.78, 5) is 11.3. The van der Waals surface area contributed by atoms with Gasteiger partial charge in [-0.05, 0) is 30.7 Å². The second kappa shape index (κ2) is 4.79. The van der Waals surface area contributed by atoms with Crippen LogP contribution in [0.4, 0.5) is 0 Å². The summed E-state index contributed by atoms with van der Waals surface area (Å²) < 4.78 is 1.51. The normalized spacial score (nSPS) is 14.3. The first-order valence-electron chi connectivity index (χ1n) is 5.98. The molecule has 2 heterocycles. The number of rotatable bonds is 5. The van der Waals surface area contributed by atoms with Crippen molar-refractivity contribution < 1.29 is 9.90 Å². The fraction of sp³-hybridized carbons (Fsp3) is 0.545. The summed E-state index contributed by atoms with van der Waals surface area (Å²) in [6.45, 7) is 5.59. The summed E-state index contributed by atoms with van der Waals surface area (Å²) in [5.41, 5.74) is 0.709. The first-order chi connectivity index (χ1) is 8.98. The number of H-pyrrole nitrogens is 1. The van der Waals surface area contributed by atoms with E-state index in [4.69, 9.17) is 0 Å². The third kappa shape index (κ3) is 2.33. The molecular formula is C11H16N6O2. The first kappa shape index (κ1) is 13.2. The van der Waals surface area contributed by atoms with E-state index in [9.17, 15) is 9.90 Å². The Morgan fingerprint density at radius 3 is 2.84 bits per heavy atom. The number of carboxylic acid groups (broad SMARTS) is 1. The van der Waals surface area contributed by atoms with E-state index in [2.05, 4.69) is 25.7 Å². The highest BCUT2D eigenvalue weighted by molar-refractivity contribution is 5.74. The molecule has 2 N–H and O–H groups in total. The number of aliphatic carboxylic acids is 1. The second-order valence-corrected chi connectivity index (χ2v) is 4.79. The second-order valence-electron chi connectivity index (χ2n) is 4.79. The minimum atomic E-state index is -0.901. The molecule has 2 aromatic heterocycles. The summed E-state index contributed by atoms with van der Waals surface area (Å²) in [5.74, 6) is -0.340. The van der Waals surface area contributed by atoms with E-state index in [1.54, 1.807) is 13.1 Å². The Hall–Kier alpha value is -2.25. The fourth-order valence-corrected chi connectivity index (χ4v) is 1.74. The standard InChI is InChI=1S/C11H16N6O2/c1-4-11(3,10(18)19)6-17-9(14-15-16-17)8-5-12-13-7(8)2/h5H,4,6H2,1-3H3,(H,12,13)(H,18,19). The highest BCUT2D eigenvalue weighted by Gasteiger charge is 2.33. The molecule has 0 radical (unpaired) electrons. The van der Waals surface area contributed by atoms with Gasteiger partial charge in [-0.1, -0.05) is 6.92 Å². The van der Waals surface area contributed by atoms with Crippen LogP contribution in [0.3, 0.4) is 0 Å². The van der Waals surface area contributed by atoms with Gasteiger partial charge in [-0.25, -0.2) is 4.68 Å². The van der Waals surface area contributed by atoms with Crippen LogP contribution in [0.5, 0.6) is 0 Å². The summed E-state index contributed by atoms with van der Waals surface area (Å²) >= 11 is 0. The maximum absolute atomic E-state index is 11.3. The fourth-order valence-electron chi connectivity index (χ4n) is 1.74. The number of aromatic amines is 1. The highest BCUT2D eigenvalue weighted by atomic mass is 16.4. The van der Waals surface area contributed by atoms with Crippen LogP contribution in [0.25, 0.3) is 11.4 Å². The molecule has 0 aromatic carbocycles. The Bertz CT molecular complexity index is 590. The predicted octanol–water partition coefficient (Wildman–Crippen LogP) is 0.873. The SMILES string of the molecule is CCC(C)(Cn1nnnc1-c1cn[nH]c1C)C(=O)O. The summed E-state index contributed by atoms with van der Waals surface area (Å²) in [6.07, 6.45) is 2.12. The van der Waals surface area contributed by atoms with Crippen LogP contribution in [0.15, 0.2) is 6.20 Å². The van der Waals surface area contributed by atoms with Crippen molar-refractivity contribution in [2.45, 2.75) is 33.7 Å². The zero-order valence-electron chi connectivity index (χ0n) is 11.1. The van der Waals surface area contributed by atoms with Gasteiger partial charge in [0.25, 0.3) is 0 Å². The number of tetrazole rings is 1. The largest absolute Gasteiger partial charge is 0.481 e. The van der Waals surface area contributed by atoms with Crippen molar-refractivity contribution in [2.24, 2.45) is 5.41 Å². The van der Waals surface area contributed by atoms with Gasteiger partial charge in [0.15, 0.2) is 5.82 Å². The first-order valence-corrected chi connectivity index (χ1v) is 5.98. The maximum atomic E-state index is 11.3. The zero-order chi connectivity index (χ0) is 14.0. The maximum Gasteiger partial charge on any atom is 0.311 e. The number of nitrogens with one attached hydrogen (secondary N) is 1. The number of carboxylic acids is 1. The molecule has 8 nitrogen and oxygen atoms in total. The minimum Gasteiger partial charge on any atom is -0.481 e. The molecule has 0 bridgehead atoms. The number of aromatic nitrogens is 6. The molecule has 0 amide bonds. The van der Waals surface area contributed by atoms with Crippen LogP contribution < -0.4 is 0 Å². The average Bonchev–Trinajstić information content (AvgIpc) is 2.97. The van der Waals surface area contributed by atoms with E-state index >= 15 is 0 Å². The number of hydrogen-bond donors (Lipinski definition) is 2. The molecule has 0 aliphatic carbocycles. The van der Waals surface area contributed by atoms with Crippen molar-refractivity contribution in [1.29, 1.82) is 0 Å². The van der Waals surface area contributed by atoms with E-state index in [0.717, 1.165) is 11.3 Å². The highest BCUT2D eigenvalue weighted by Crippen LogP contribution is 2.26. The van der Waals surface area contributed by atoms with E-state index in [-0.39, 0.29) is 6.54 Å². The van der Waals surface area contributed by atoms with Gasteiger partial charge < -0.3 is 5.11 Å². The molecule has 1 atom stereocenters. The molecule has 0 aliphatic rings. The number of nitrogens with zero attached hydrogens (tertiary/aromatic N) is 5. The van der Waals surface area contributed by atoms with Gasteiger partial charge in [0.2, 0.25) is 0 Å². The average molecular weight is 264 g/mol. The minimum absolute atomic E-state index is 0.214. The molecule has 2 rings (SSSR count). The quantitative estimate of drug-likeness (QED) is 0.829. The molecule has 0 saturated carbocycles. The monoisotopic (exact) mass is 264 g/mol. The van der Waals surface area contributed by atoms with E-state index < -0.39 is 11.4 Å². The molecule has 19 heavy (non-hydrogen) atoms. The summed E-state index contributed by atoms with van der Waals surface area (Å²) in [7, 11) is 0. The number of carbonyl (C=O) groups is 1. The van der Waals surface area contributed by atoms with E-state index in [0.29, 0.717) is 12.2 Å².